The van der Waals surface area contributed by atoms with Crippen molar-refractivity contribution in [3.8, 4) is 0 Å². The number of hydrogen-bond donors (Lipinski definition) is 7. The molecule has 7 N–H and O–H groups in total. The molecular formula is C60H96N8O8. The number of benzene rings is 1. The lowest BCUT2D eigenvalue weighted by atomic mass is 9.55. The van der Waals surface area contributed by atoms with Crippen molar-refractivity contribution in [1.29, 1.82) is 0 Å². The molecule has 3 saturated carbocycles. The summed E-state index contributed by atoms with van der Waals surface area (Å²) in [5.74, 6) is -6.71. The first kappa shape index (κ1) is 58.3. The van der Waals surface area contributed by atoms with Gasteiger partial charge in [-0.2, -0.15) is 0 Å². The Balaban J connectivity index is 1.19. The second kappa shape index (κ2) is 24.3. The molecule has 8 rings (SSSR count). The number of ether oxygens (including phenoxy) is 2. The highest BCUT2D eigenvalue weighted by molar-refractivity contribution is 5.95. The van der Waals surface area contributed by atoms with E-state index in [-0.39, 0.29) is 46.4 Å². The summed E-state index contributed by atoms with van der Waals surface area (Å²) in [7, 11) is 1.66. The Morgan fingerprint density at radius 2 is 1.67 bits per heavy atom. The van der Waals surface area contributed by atoms with E-state index in [9.17, 15) is 30.3 Å². The molecule has 1 aromatic heterocycles. The summed E-state index contributed by atoms with van der Waals surface area (Å²) in [4.78, 5) is 26.5. The normalized spacial score (nSPS) is 23.0. The predicted octanol–water partition coefficient (Wildman–Crippen LogP) is 7.09. The number of allylic oxidation sites excluding steroid dienone is 3. The van der Waals surface area contributed by atoms with E-state index < -0.39 is 11.9 Å². The Labute approximate surface area is 454 Å². The minimum absolute atomic E-state index is 0.0882. The standard InChI is InChI=1S/C60H96N8O8/c1-11-24-64(26-23-50(46-33-58(34-46)38-76-39-58)54(44(7)67-25-15-16-41(4)63-67)62-56(69)43(6)45-17-13-14-18-45)48-21-22-53-51(32-48)52(35-57(8,9)12-2)55(68(53)59(70,71)60(72,73)74)40(3)31-49(37-61-36-42(5)75-10)66-29-27-65(28-30-66)47-19-20-47/h21-22,31-32,37,41-43,45-47,50,54,63,70-74H,3,7,11-20,23-30,33-36,38-39H2,1-2,4-6,8-10H3,(H,62,69)/b49-31+,61-37?. The van der Waals surface area contributed by atoms with E-state index in [0.717, 1.165) is 137 Å². The molecular weight excluding hydrogens is 961 g/mol. The van der Waals surface area contributed by atoms with Crippen LogP contribution in [0.4, 0.5) is 5.69 Å². The minimum Gasteiger partial charge on any atom is -0.380 e. The van der Waals surface area contributed by atoms with E-state index in [1.54, 1.807) is 13.2 Å². The van der Waals surface area contributed by atoms with Gasteiger partial charge in [-0.25, -0.2) is 5.43 Å². The lowest BCUT2D eigenvalue weighted by molar-refractivity contribution is -0.479. The SMILES string of the molecule is C=C(/C=C(\C=NCC(C)OC)N1CCN(C2CC2)CC1)c1c(CC(C)(C)CC)c2cc(N(CCC)CCC(C3CC4(COC4)C3)C(NC(=O)C(C)C3CCCC3)C(=C)N3CCCC(C)N3)ccc2n1C(O)(O)C(O)(O)O. The van der Waals surface area contributed by atoms with Gasteiger partial charge in [0, 0.05) is 99.3 Å². The van der Waals surface area contributed by atoms with Crippen LogP contribution in [0.5, 0.6) is 0 Å². The zero-order chi connectivity index (χ0) is 54.7. The van der Waals surface area contributed by atoms with Crippen molar-refractivity contribution in [2.45, 2.75) is 174 Å². The molecule has 1 spiro atoms. The number of nitrogens with one attached hydrogen (secondary N) is 2. The molecule has 0 bridgehead atoms. The van der Waals surface area contributed by atoms with Crippen LogP contribution in [0.3, 0.4) is 0 Å². The summed E-state index contributed by atoms with van der Waals surface area (Å²) in [6, 6.07) is 6.48. The highest BCUT2D eigenvalue weighted by Gasteiger charge is 2.54. The van der Waals surface area contributed by atoms with E-state index >= 15 is 0 Å². The van der Waals surface area contributed by atoms with Crippen LogP contribution in [0.2, 0.25) is 0 Å². The van der Waals surface area contributed by atoms with E-state index in [1.807, 2.05) is 25.3 Å². The van der Waals surface area contributed by atoms with Crippen LogP contribution < -0.4 is 15.6 Å². The van der Waals surface area contributed by atoms with Gasteiger partial charge in [0.25, 0.3) is 0 Å². The van der Waals surface area contributed by atoms with Gasteiger partial charge in [-0.1, -0.05) is 67.0 Å². The van der Waals surface area contributed by atoms with Crippen molar-refractivity contribution in [1.82, 2.24) is 30.1 Å². The number of anilines is 1. The quantitative estimate of drug-likeness (QED) is 0.0288. The third kappa shape index (κ3) is 13.1. The fourth-order valence-electron chi connectivity index (χ4n) is 13.1. The summed E-state index contributed by atoms with van der Waals surface area (Å²) < 4.78 is 12.3. The molecule has 3 aliphatic heterocycles. The van der Waals surface area contributed by atoms with Gasteiger partial charge in [-0.05, 0) is 143 Å². The number of piperazine rings is 1. The number of carbonyl (C=O) groups excluding carboxylic acids is 1. The number of aliphatic hydroxyl groups is 5. The molecule has 2 aromatic rings. The van der Waals surface area contributed by atoms with Crippen LogP contribution in [0.1, 0.15) is 143 Å². The van der Waals surface area contributed by atoms with Gasteiger partial charge in [0.1, 0.15) is 0 Å². The maximum absolute atomic E-state index is 14.5. The number of amides is 1. The molecule has 5 unspecified atom stereocenters. The maximum atomic E-state index is 14.5. The van der Waals surface area contributed by atoms with Gasteiger partial charge in [-0.3, -0.25) is 19.3 Å². The lowest BCUT2D eigenvalue weighted by Crippen LogP contribution is -2.59. The van der Waals surface area contributed by atoms with Gasteiger partial charge in [0.05, 0.1) is 48.8 Å². The fraction of sp³-hybridized carbons (Fsp3) is 0.733. The summed E-state index contributed by atoms with van der Waals surface area (Å²) in [5.41, 5.74) is 7.92. The van der Waals surface area contributed by atoms with Crippen molar-refractivity contribution in [2.75, 3.05) is 77.6 Å². The van der Waals surface area contributed by atoms with Gasteiger partial charge in [0.15, 0.2) is 0 Å². The topological polar surface area (TPSA) is 191 Å². The van der Waals surface area contributed by atoms with Crippen molar-refractivity contribution < 1.29 is 39.8 Å². The lowest BCUT2D eigenvalue weighted by Gasteiger charge is -2.57. The van der Waals surface area contributed by atoms with Crippen LogP contribution in [0, 0.1) is 34.5 Å². The molecule has 1 amide bonds. The molecule has 424 valence electrons. The number of carbonyl (C=O) groups is 1. The van der Waals surface area contributed by atoms with Crippen molar-refractivity contribution >= 4 is 34.3 Å². The maximum Gasteiger partial charge on any atom is 0.355 e. The number of aliphatic imine (C=N–C) groups is 1. The van der Waals surface area contributed by atoms with E-state index in [0.29, 0.717) is 59.9 Å². The monoisotopic (exact) mass is 1060 g/mol. The highest BCUT2D eigenvalue weighted by Crippen LogP contribution is 2.55. The second-order valence-corrected chi connectivity index (χ2v) is 25.0. The van der Waals surface area contributed by atoms with Crippen LogP contribution in [-0.4, -0.2) is 160 Å². The number of rotatable bonds is 26. The van der Waals surface area contributed by atoms with Crippen LogP contribution in [-0.2, 0) is 26.6 Å². The van der Waals surface area contributed by atoms with Gasteiger partial charge in [-0.15, -0.1) is 0 Å². The largest absolute Gasteiger partial charge is 0.380 e. The molecule has 0 radical (unpaired) electrons. The molecule has 16 nitrogen and oxygen atoms in total. The summed E-state index contributed by atoms with van der Waals surface area (Å²) in [6.45, 7) is 31.9. The Bertz CT molecular complexity index is 2380. The second-order valence-electron chi connectivity index (χ2n) is 25.0. The molecule has 6 aliphatic rings. The number of methoxy groups -OCH3 is 1. The molecule has 76 heavy (non-hydrogen) atoms. The summed E-state index contributed by atoms with van der Waals surface area (Å²) in [5, 5.41) is 62.9. The molecule has 1 aromatic carbocycles. The van der Waals surface area contributed by atoms with Gasteiger partial charge < -0.3 is 55.1 Å². The van der Waals surface area contributed by atoms with E-state index in [4.69, 9.17) is 21.0 Å². The highest BCUT2D eigenvalue weighted by atomic mass is 16.7. The zero-order valence-electron chi connectivity index (χ0n) is 47.5. The summed E-state index contributed by atoms with van der Waals surface area (Å²) in [6.07, 6.45) is 17.7. The molecule has 3 saturated heterocycles. The third-order valence-electron chi connectivity index (χ3n) is 18.5. The first-order valence-corrected chi connectivity index (χ1v) is 29.2. The molecule has 4 heterocycles. The van der Waals surface area contributed by atoms with Crippen molar-refractivity contribution in [3.05, 3.63) is 60.1 Å². The zero-order valence-corrected chi connectivity index (χ0v) is 47.5. The van der Waals surface area contributed by atoms with E-state index in [1.165, 1.54) is 25.7 Å². The number of fused-ring (bicyclic) bond motifs is 1. The smallest absolute Gasteiger partial charge is 0.355 e. The number of nitrogens with zero attached hydrogens (tertiary/aromatic N) is 6. The number of aromatic nitrogens is 1. The molecule has 3 aliphatic carbocycles. The molecule has 16 heteroatoms. The minimum atomic E-state index is -3.96. The average Bonchev–Trinajstić information content (AvgIpc) is 4.00. The van der Waals surface area contributed by atoms with Crippen LogP contribution >= 0.6 is 0 Å². The Morgan fingerprint density at radius 3 is 2.26 bits per heavy atom. The molecule has 6 fully saturated rings. The van der Waals surface area contributed by atoms with Crippen molar-refractivity contribution in [2.24, 2.45) is 39.5 Å². The fourth-order valence-corrected chi connectivity index (χ4v) is 13.1. The average molecular weight is 1060 g/mol. The predicted molar refractivity (Wildman–Crippen MR) is 302 cm³/mol. The summed E-state index contributed by atoms with van der Waals surface area (Å²) >= 11 is 0. The third-order valence-corrected chi connectivity index (χ3v) is 18.5. The first-order chi connectivity index (χ1) is 36.1. The van der Waals surface area contributed by atoms with Crippen LogP contribution in [0.25, 0.3) is 16.5 Å². The van der Waals surface area contributed by atoms with Crippen LogP contribution in [0.15, 0.2) is 53.8 Å². The Hall–Kier alpha value is -3.84. The number of hydrazine groups is 1. The Kier molecular flexibility index (Phi) is 18.6. The number of hydrogen-bond acceptors (Lipinski definition) is 14. The van der Waals surface area contributed by atoms with Crippen molar-refractivity contribution in [3.63, 3.8) is 0 Å². The van der Waals surface area contributed by atoms with Gasteiger partial charge >= 0.3 is 11.9 Å². The first-order valence-electron chi connectivity index (χ1n) is 29.2. The van der Waals surface area contributed by atoms with E-state index in [2.05, 4.69) is 84.6 Å². The van der Waals surface area contributed by atoms with Gasteiger partial charge in [0.2, 0.25) is 5.91 Å². The Morgan fingerprint density at radius 1 is 0.974 bits per heavy atom. The molecule has 5 atom stereocenters.